The van der Waals surface area contributed by atoms with Gasteiger partial charge in [-0.15, -0.1) is 0 Å². The maximum absolute atomic E-state index is 10.6. The molecule has 2 bridgehead atoms. The molecule has 2 heterocycles. The summed E-state index contributed by atoms with van der Waals surface area (Å²) < 4.78 is 6.48. The van der Waals surface area contributed by atoms with E-state index in [1.54, 1.807) is 0 Å². The number of rotatable bonds is 3. The van der Waals surface area contributed by atoms with Crippen LogP contribution in [0.2, 0.25) is 0 Å². The molecule has 0 aromatic heterocycles. The summed E-state index contributed by atoms with van der Waals surface area (Å²) in [5.74, 6) is 2.00. The van der Waals surface area contributed by atoms with Crippen LogP contribution in [0.15, 0.2) is 12.1 Å². The quantitative estimate of drug-likeness (QED) is 0.876. The van der Waals surface area contributed by atoms with Gasteiger partial charge in [0, 0.05) is 29.6 Å². The molecular formula is C22H30N2O2. The Bertz CT molecular complexity index is 776. The third-order valence-electron chi connectivity index (χ3n) is 8.71. The van der Waals surface area contributed by atoms with Crippen LogP contribution < -0.4 is 10.5 Å². The maximum Gasteiger partial charge on any atom is 0.165 e. The third-order valence-corrected chi connectivity index (χ3v) is 8.71. The van der Waals surface area contributed by atoms with Crippen LogP contribution in [0.4, 0.5) is 0 Å². The fourth-order valence-corrected chi connectivity index (χ4v) is 7.46. The topological polar surface area (TPSA) is 58.7 Å². The summed E-state index contributed by atoms with van der Waals surface area (Å²) >= 11 is 0. The molecule has 4 nitrogen and oxygen atoms in total. The first-order chi connectivity index (χ1) is 12.6. The van der Waals surface area contributed by atoms with Gasteiger partial charge in [0.1, 0.15) is 6.10 Å². The SMILES string of the molecule is CC[C@@]12CC[C@H](N)[C@@H]3Oc4c(O)ccc5c4[C@@]31CCN(CC1CC1)[C@@H]2C5. The van der Waals surface area contributed by atoms with Crippen LogP contribution >= 0.6 is 0 Å². The zero-order valence-electron chi connectivity index (χ0n) is 15.7. The number of aromatic hydroxyl groups is 1. The molecule has 0 unspecified atom stereocenters. The van der Waals surface area contributed by atoms with Gasteiger partial charge in [0.15, 0.2) is 11.5 Å². The highest BCUT2D eigenvalue weighted by molar-refractivity contribution is 5.62. The molecule has 26 heavy (non-hydrogen) atoms. The van der Waals surface area contributed by atoms with Gasteiger partial charge in [0.2, 0.25) is 0 Å². The Hall–Kier alpha value is -1.26. The van der Waals surface area contributed by atoms with Gasteiger partial charge in [-0.25, -0.2) is 0 Å². The molecule has 4 heteroatoms. The first-order valence-corrected chi connectivity index (χ1v) is 10.6. The predicted octanol–water partition coefficient (Wildman–Crippen LogP) is 2.95. The average Bonchev–Trinajstić information content (AvgIpc) is 3.38. The Morgan fingerprint density at radius 3 is 2.88 bits per heavy atom. The maximum atomic E-state index is 10.6. The van der Waals surface area contributed by atoms with E-state index in [1.807, 2.05) is 6.07 Å². The largest absolute Gasteiger partial charge is 0.504 e. The van der Waals surface area contributed by atoms with Crippen molar-refractivity contribution >= 4 is 0 Å². The van der Waals surface area contributed by atoms with Gasteiger partial charge in [-0.2, -0.15) is 0 Å². The highest BCUT2D eigenvalue weighted by atomic mass is 16.5. The fraction of sp³-hybridized carbons (Fsp3) is 0.727. The van der Waals surface area contributed by atoms with E-state index in [0.717, 1.165) is 37.5 Å². The number of hydrogen-bond acceptors (Lipinski definition) is 4. The Morgan fingerprint density at radius 2 is 2.12 bits per heavy atom. The number of piperidine rings is 1. The Labute approximate surface area is 155 Å². The first kappa shape index (κ1) is 15.8. The van der Waals surface area contributed by atoms with Crippen molar-refractivity contribution in [2.75, 3.05) is 13.1 Å². The number of nitrogens with two attached hydrogens (primary N) is 1. The van der Waals surface area contributed by atoms with E-state index in [9.17, 15) is 5.11 Å². The molecule has 6 rings (SSSR count). The fourth-order valence-electron chi connectivity index (χ4n) is 7.46. The second-order valence-corrected chi connectivity index (χ2v) is 9.58. The van der Waals surface area contributed by atoms with Crippen LogP contribution in [-0.2, 0) is 11.8 Å². The molecule has 5 atom stereocenters. The van der Waals surface area contributed by atoms with Crippen LogP contribution in [-0.4, -0.2) is 41.3 Å². The van der Waals surface area contributed by atoms with E-state index in [2.05, 4.69) is 17.9 Å². The molecule has 1 saturated heterocycles. The lowest BCUT2D eigenvalue weighted by molar-refractivity contribution is -0.133. The van der Waals surface area contributed by atoms with Crippen molar-refractivity contribution < 1.29 is 9.84 Å². The summed E-state index contributed by atoms with van der Waals surface area (Å²) in [6, 6.07) is 4.68. The minimum atomic E-state index is 0.00574. The van der Waals surface area contributed by atoms with Gasteiger partial charge < -0.3 is 15.6 Å². The van der Waals surface area contributed by atoms with Crippen molar-refractivity contribution in [2.24, 2.45) is 17.1 Å². The van der Waals surface area contributed by atoms with E-state index >= 15 is 0 Å². The number of nitrogens with zero attached hydrogens (tertiary/aromatic N) is 1. The predicted molar refractivity (Wildman–Crippen MR) is 101 cm³/mol. The minimum Gasteiger partial charge on any atom is -0.504 e. The number of benzene rings is 1. The van der Waals surface area contributed by atoms with Crippen molar-refractivity contribution in [3.8, 4) is 11.5 Å². The van der Waals surface area contributed by atoms with Gasteiger partial charge in [-0.1, -0.05) is 13.0 Å². The van der Waals surface area contributed by atoms with Gasteiger partial charge in [0.05, 0.1) is 0 Å². The normalized spacial score (nSPS) is 43.1. The molecule has 1 aromatic rings. The highest BCUT2D eigenvalue weighted by Crippen LogP contribution is 2.70. The van der Waals surface area contributed by atoms with Crippen molar-refractivity contribution in [3.63, 3.8) is 0 Å². The van der Waals surface area contributed by atoms with Crippen LogP contribution in [0.1, 0.15) is 56.6 Å². The van der Waals surface area contributed by atoms with Crippen molar-refractivity contribution in [3.05, 3.63) is 23.3 Å². The zero-order valence-corrected chi connectivity index (χ0v) is 15.7. The average molecular weight is 354 g/mol. The molecule has 2 aliphatic heterocycles. The Kier molecular flexibility index (Phi) is 3.01. The molecule has 1 aromatic carbocycles. The number of ether oxygens (including phenoxy) is 1. The molecule has 5 aliphatic rings. The summed E-state index contributed by atoms with van der Waals surface area (Å²) in [6.07, 6.45) is 8.52. The van der Waals surface area contributed by atoms with Gasteiger partial charge in [0.25, 0.3) is 0 Å². The van der Waals surface area contributed by atoms with Crippen LogP contribution in [0.5, 0.6) is 11.5 Å². The number of hydrogen-bond donors (Lipinski definition) is 2. The van der Waals surface area contributed by atoms with Crippen LogP contribution in [0, 0.1) is 11.3 Å². The lowest BCUT2D eigenvalue weighted by Crippen LogP contribution is -2.73. The summed E-state index contributed by atoms with van der Waals surface area (Å²) in [6.45, 7) is 4.82. The molecule has 140 valence electrons. The monoisotopic (exact) mass is 354 g/mol. The molecular weight excluding hydrogens is 324 g/mol. The summed E-state index contributed by atoms with van der Waals surface area (Å²) in [5.41, 5.74) is 9.62. The van der Waals surface area contributed by atoms with Gasteiger partial charge >= 0.3 is 0 Å². The molecule has 3 N–H and O–H groups in total. The molecule has 3 fully saturated rings. The highest BCUT2D eigenvalue weighted by Gasteiger charge is 2.71. The van der Waals surface area contributed by atoms with Crippen molar-refractivity contribution in [2.45, 2.75) is 75.5 Å². The summed E-state index contributed by atoms with van der Waals surface area (Å²) in [5, 5.41) is 10.6. The zero-order chi connectivity index (χ0) is 17.7. The molecule has 0 amide bonds. The van der Waals surface area contributed by atoms with Gasteiger partial charge in [-0.05, 0) is 74.5 Å². The number of likely N-dealkylation sites (tertiary alicyclic amines) is 1. The van der Waals surface area contributed by atoms with E-state index in [1.165, 1.54) is 43.4 Å². The van der Waals surface area contributed by atoms with Crippen LogP contribution in [0.3, 0.4) is 0 Å². The van der Waals surface area contributed by atoms with E-state index in [4.69, 9.17) is 10.5 Å². The van der Waals surface area contributed by atoms with Crippen molar-refractivity contribution in [1.82, 2.24) is 4.90 Å². The number of phenolic OH excluding ortho intramolecular Hbond substituents is 1. The van der Waals surface area contributed by atoms with E-state index in [-0.39, 0.29) is 23.0 Å². The Balaban J connectivity index is 1.58. The lowest BCUT2D eigenvalue weighted by atomic mass is 9.42. The standard InChI is InChI=1S/C22H30N2O2/c1-2-21-8-7-15(23)20-22(21)9-10-24(12-13-3-4-13)17(21)11-14-5-6-16(25)19(26-20)18(14)22/h5-6,13,15,17,20,25H,2-4,7-12,23H2,1H3/t15-,17+,20-,21-,22-/m0/s1. The van der Waals surface area contributed by atoms with E-state index < -0.39 is 0 Å². The molecule has 0 radical (unpaired) electrons. The molecule has 1 spiro atoms. The van der Waals surface area contributed by atoms with E-state index in [0.29, 0.717) is 11.8 Å². The van der Waals surface area contributed by atoms with Gasteiger partial charge in [-0.3, -0.25) is 4.90 Å². The smallest absolute Gasteiger partial charge is 0.165 e. The van der Waals surface area contributed by atoms with Crippen molar-refractivity contribution in [1.29, 1.82) is 0 Å². The lowest BCUT2D eigenvalue weighted by Gasteiger charge is -2.66. The summed E-state index contributed by atoms with van der Waals surface area (Å²) in [4.78, 5) is 2.83. The number of phenols is 1. The molecule has 3 aliphatic carbocycles. The third kappa shape index (κ3) is 1.65. The second-order valence-electron chi connectivity index (χ2n) is 9.58. The first-order valence-electron chi connectivity index (χ1n) is 10.6. The summed E-state index contributed by atoms with van der Waals surface area (Å²) in [7, 11) is 0. The Morgan fingerprint density at radius 1 is 1.27 bits per heavy atom. The molecule has 2 saturated carbocycles. The van der Waals surface area contributed by atoms with Crippen LogP contribution in [0.25, 0.3) is 0 Å². The second kappa shape index (κ2) is 4.96. The minimum absolute atomic E-state index is 0.00574.